The summed E-state index contributed by atoms with van der Waals surface area (Å²) in [5.41, 5.74) is 0. The van der Waals surface area contributed by atoms with E-state index in [0.717, 1.165) is 19.0 Å². The Kier molecular flexibility index (Phi) is 4.58. The van der Waals surface area contributed by atoms with Crippen LogP contribution in [0.1, 0.15) is 33.1 Å². The predicted octanol–water partition coefficient (Wildman–Crippen LogP) is 2.55. The van der Waals surface area contributed by atoms with Crippen molar-refractivity contribution in [2.45, 2.75) is 33.1 Å². The van der Waals surface area contributed by atoms with Gasteiger partial charge in [-0.3, -0.25) is 0 Å². The van der Waals surface area contributed by atoms with Gasteiger partial charge in [-0.1, -0.05) is 6.42 Å². The molecule has 1 aromatic heterocycles. The molecule has 1 heterocycles. The third kappa shape index (κ3) is 3.22. The summed E-state index contributed by atoms with van der Waals surface area (Å²) in [6, 6.07) is 0.305. The van der Waals surface area contributed by atoms with Crippen LogP contribution in [-0.4, -0.2) is 34.6 Å². The van der Waals surface area contributed by atoms with Gasteiger partial charge in [-0.05, 0) is 44.2 Å². The Hall–Kier alpha value is -1.10. The maximum Gasteiger partial charge on any atom is 0.322 e. The summed E-state index contributed by atoms with van der Waals surface area (Å²) in [5, 5.41) is 0.190. The number of anilines is 1. The molecule has 1 fully saturated rings. The molecule has 1 aromatic rings. The normalized spacial score (nSPS) is 15.3. The van der Waals surface area contributed by atoms with Gasteiger partial charge in [0.25, 0.3) is 0 Å². The van der Waals surface area contributed by atoms with Crippen molar-refractivity contribution < 1.29 is 4.74 Å². The van der Waals surface area contributed by atoms with Crippen LogP contribution in [0.3, 0.4) is 0 Å². The Bertz CT molecular complexity index is 398. The number of rotatable bonds is 6. The smallest absolute Gasteiger partial charge is 0.322 e. The van der Waals surface area contributed by atoms with Crippen LogP contribution in [-0.2, 0) is 0 Å². The third-order valence-corrected chi connectivity index (χ3v) is 3.39. The van der Waals surface area contributed by atoms with E-state index in [-0.39, 0.29) is 5.28 Å². The van der Waals surface area contributed by atoms with E-state index in [4.69, 9.17) is 16.3 Å². The molecule has 0 amide bonds. The zero-order valence-electron chi connectivity index (χ0n) is 10.9. The van der Waals surface area contributed by atoms with Crippen LogP contribution in [0.15, 0.2) is 0 Å². The van der Waals surface area contributed by atoms with Crippen molar-refractivity contribution in [2.24, 2.45) is 5.92 Å². The molecule has 0 unspecified atom stereocenters. The molecule has 1 saturated carbocycles. The molecule has 0 radical (unpaired) electrons. The average Bonchev–Trinajstić information content (AvgIpc) is 2.27. The molecule has 0 aliphatic heterocycles. The van der Waals surface area contributed by atoms with Crippen molar-refractivity contribution in [1.29, 1.82) is 0 Å². The van der Waals surface area contributed by atoms with Gasteiger partial charge in [0.2, 0.25) is 11.2 Å². The Morgan fingerprint density at radius 1 is 1.28 bits per heavy atom. The van der Waals surface area contributed by atoms with Crippen molar-refractivity contribution in [3.63, 3.8) is 0 Å². The highest BCUT2D eigenvalue weighted by Gasteiger charge is 2.22. The molecule has 18 heavy (non-hydrogen) atoms. The molecule has 1 aliphatic rings. The van der Waals surface area contributed by atoms with Crippen LogP contribution in [0.25, 0.3) is 0 Å². The predicted molar refractivity (Wildman–Crippen MR) is 71.2 cm³/mol. The number of hydrogen-bond donors (Lipinski definition) is 0. The average molecular weight is 271 g/mol. The Morgan fingerprint density at radius 3 is 2.61 bits per heavy atom. The van der Waals surface area contributed by atoms with Crippen LogP contribution in [0.5, 0.6) is 6.01 Å². The lowest BCUT2D eigenvalue weighted by Gasteiger charge is -2.31. The topological polar surface area (TPSA) is 51.1 Å². The van der Waals surface area contributed by atoms with Crippen molar-refractivity contribution in [3.05, 3.63) is 5.28 Å². The highest BCUT2D eigenvalue weighted by atomic mass is 35.5. The van der Waals surface area contributed by atoms with Crippen LogP contribution < -0.4 is 9.64 Å². The molecular formula is C12H19ClN4O. The van der Waals surface area contributed by atoms with Crippen molar-refractivity contribution in [3.8, 4) is 6.01 Å². The van der Waals surface area contributed by atoms with E-state index in [1.807, 2.05) is 6.92 Å². The summed E-state index contributed by atoms with van der Waals surface area (Å²) in [7, 11) is 0. The number of hydrogen-bond acceptors (Lipinski definition) is 5. The first-order valence-electron chi connectivity index (χ1n) is 6.52. The molecule has 2 rings (SSSR count). The highest BCUT2D eigenvalue weighted by molar-refractivity contribution is 6.28. The van der Waals surface area contributed by atoms with E-state index in [2.05, 4.69) is 26.8 Å². The Balaban J connectivity index is 2.12. The molecule has 0 spiro atoms. The van der Waals surface area contributed by atoms with Gasteiger partial charge in [-0.2, -0.15) is 15.0 Å². The molecule has 0 aromatic carbocycles. The van der Waals surface area contributed by atoms with Crippen molar-refractivity contribution in [2.75, 3.05) is 24.6 Å². The molecule has 0 N–H and O–H groups in total. The van der Waals surface area contributed by atoms with E-state index in [1.54, 1.807) is 0 Å². The fraction of sp³-hybridized carbons (Fsp3) is 0.750. The number of ether oxygens (including phenoxy) is 1. The summed E-state index contributed by atoms with van der Waals surface area (Å²) in [6.07, 6.45) is 3.94. The first kappa shape index (κ1) is 13.3. The quantitative estimate of drug-likeness (QED) is 0.795. The second-order valence-corrected chi connectivity index (χ2v) is 4.79. The zero-order valence-corrected chi connectivity index (χ0v) is 11.7. The van der Waals surface area contributed by atoms with E-state index >= 15 is 0 Å². The first-order chi connectivity index (χ1) is 8.72. The summed E-state index contributed by atoms with van der Waals surface area (Å²) in [6.45, 7) is 6.36. The van der Waals surface area contributed by atoms with Crippen LogP contribution in [0.4, 0.5) is 5.95 Å². The standard InChI is InChI=1S/C12H19ClN4O/c1-3-17(8-9-6-5-7-9)11-14-10(13)15-12(16-11)18-4-2/h9H,3-8H2,1-2H3. The SMILES string of the molecule is CCOc1nc(Cl)nc(N(CC)CC2CCC2)n1. The minimum Gasteiger partial charge on any atom is -0.464 e. The molecule has 0 atom stereocenters. The molecule has 0 bridgehead atoms. The molecule has 100 valence electrons. The van der Waals surface area contributed by atoms with Gasteiger partial charge in [-0.25, -0.2) is 0 Å². The molecular weight excluding hydrogens is 252 g/mol. The summed E-state index contributed by atoms with van der Waals surface area (Å²) >= 11 is 5.90. The van der Waals surface area contributed by atoms with Gasteiger partial charge in [0.15, 0.2) is 0 Å². The molecule has 0 saturated heterocycles. The Morgan fingerprint density at radius 2 is 2.06 bits per heavy atom. The van der Waals surface area contributed by atoms with Crippen molar-refractivity contribution >= 4 is 17.5 Å². The monoisotopic (exact) mass is 270 g/mol. The summed E-state index contributed by atoms with van der Waals surface area (Å²) in [4.78, 5) is 14.6. The van der Waals surface area contributed by atoms with Gasteiger partial charge in [0.1, 0.15) is 0 Å². The number of nitrogens with zero attached hydrogens (tertiary/aromatic N) is 4. The molecule has 1 aliphatic carbocycles. The van der Waals surface area contributed by atoms with Gasteiger partial charge < -0.3 is 9.64 Å². The minimum absolute atomic E-state index is 0.190. The van der Waals surface area contributed by atoms with E-state index in [1.165, 1.54) is 19.3 Å². The molecule has 6 heteroatoms. The fourth-order valence-corrected chi connectivity index (χ4v) is 2.14. The van der Waals surface area contributed by atoms with E-state index < -0.39 is 0 Å². The second kappa shape index (κ2) is 6.18. The number of aromatic nitrogens is 3. The van der Waals surface area contributed by atoms with E-state index in [0.29, 0.717) is 18.6 Å². The van der Waals surface area contributed by atoms with Crippen LogP contribution in [0, 0.1) is 5.92 Å². The minimum atomic E-state index is 0.190. The summed E-state index contributed by atoms with van der Waals surface area (Å²) < 4.78 is 5.29. The van der Waals surface area contributed by atoms with Crippen molar-refractivity contribution in [1.82, 2.24) is 15.0 Å². The van der Waals surface area contributed by atoms with Crippen LogP contribution >= 0.6 is 11.6 Å². The first-order valence-corrected chi connectivity index (χ1v) is 6.90. The maximum atomic E-state index is 5.90. The van der Waals surface area contributed by atoms with Gasteiger partial charge >= 0.3 is 6.01 Å². The summed E-state index contributed by atoms with van der Waals surface area (Å²) in [5.74, 6) is 1.38. The van der Waals surface area contributed by atoms with Gasteiger partial charge in [-0.15, -0.1) is 0 Å². The van der Waals surface area contributed by atoms with Gasteiger partial charge in [0.05, 0.1) is 6.61 Å². The largest absolute Gasteiger partial charge is 0.464 e. The third-order valence-electron chi connectivity index (χ3n) is 3.22. The highest BCUT2D eigenvalue weighted by Crippen LogP contribution is 2.28. The van der Waals surface area contributed by atoms with Crippen LogP contribution in [0.2, 0.25) is 5.28 Å². The lowest BCUT2D eigenvalue weighted by molar-refractivity contribution is 0.306. The van der Waals surface area contributed by atoms with Gasteiger partial charge in [0, 0.05) is 13.1 Å². The second-order valence-electron chi connectivity index (χ2n) is 4.46. The lowest BCUT2D eigenvalue weighted by Crippen LogP contribution is -2.33. The van der Waals surface area contributed by atoms with E-state index in [9.17, 15) is 0 Å². The number of halogens is 1. The maximum absolute atomic E-state index is 5.90. The zero-order chi connectivity index (χ0) is 13.0. The molecule has 5 nitrogen and oxygen atoms in total. The lowest BCUT2D eigenvalue weighted by atomic mass is 9.85. The fourth-order valence-electron chi connectivity index (χ4n) is 2.00. The Labute approximate surface area is 113 Å².